The molecule has 8 nitrogen and oxygen atoms in total. The van der Waals surface area contributed by atoms with Crippen molar-refractivity contribution in [1.82, 2.24) is 35.0 Å². The molecule has 1 amide bonds. The van der Waals surface area contributed by atoms with Gasteiger partial charge in [0.05, 0.1) is 11.9 Å². The first-order valence-corrected chi connectivity index (χ1v) is 12.1. The number of amides is 1. The van der Waals surface area contributed by atoms with Crippen LogP contribution in [0.4, 0.5) is 8.78 Å². The van der Waals surface area contributed by atoms with Gasteiger partial charge in [0.15, 0.2) is 11.3 Å². The van der Waals surface area contributed by atoms with Gasteiger partial charge < -0.3 is 10.3 Å². The molecular weight excluding hydrogens is 476 g/mol. The fourth-order valence-corrected chi connectivity index (χ4v) is 4.80. The second kappa shape index (κ2) is 9.53. The Kier molecular flexibility index (Phi) is 5.91. The molecule has 1 fully saturated rings. The average Bonchev–Trinajstić information content (AvgIpc) is 3.67. The largest absolute Gasteiger partial charge is 0.347 e. The van der Waals surface area contributed by atoms with Crippen LogP contribution in [0.1, 0.15) is 53.5 Å². The molecule has 186 valence electrons. The fraction of sp³-hybridized carbons (Fsp3) is 0.222. The van der Waals surface area contributed by atoms with Crippen LogP contribution >= 0.6 is 0 Å². The van der Waals surface area contributed by atoms with Crippen molar-refractivity contribution in [2.45, 2.75) is 38.1 Å². The number of carbonyl (C=O) groups excluding carboxylic acids is 1. The molecule has 0 aliphatic heterocycles. The van der Waals surface area contributed by atoms with Crippen LogP contribution in [-0.4, -0.2) is 35.6 Å². The van der Waals surface area contributed by atoms with Crippen molar-refractivity contribution < 1.29 is 13.6 Å². The quantitative estimate of drug-likeness (QED) is 0.340. The molecule has 6 rings (SSSR count). The van der Waals surface area contributed by atoms with Gasteiger partial charge in [0.2, 0.25) is 0 Å². The summed E-state index contributed by atoms with van der Waals surface area (Å²) in [4.78, 5) is 29.2. The second-order valence-electron chi connectivity index (χ2n) is 9.21. The smallest absolute Gasteiger partial charge is 0.272 e. The third kappa shape index (κ3) is 4.69. The van der Waals surface area contributed by atoms with Gasteiger partial charge in [-0.15, -0.1) is 0 Å². The number of nitrogens with one attached hydrogen (secondary N) is 2. The maximum atomic E-state index is 14.5. The van der Waals surface area contributed by atoms with Gasteiger partial charge in [-0.3, -0.25) is 4.79 Å². The number of halogens is 2. The van der Waals surface area contributed by atoms with Crippen LogP contribution < -0.4 is 5.32 Å². The van der Waals surface area contributed by atoms with Crippen molar-refractivity contribution in [2.24, 2.45) is 0 Å². The van der Waals surface area contributed by atoms with E-state index in [-0.39, 0.29) is 18.1 Å². The summed E-state index contributed by atoms with van der Waals surface area (Å²) in [6.07, 6.45) is 9.17. The summed E-state index contributed by atoms with van der Waals surface area (Å²) >= 11 is 0. The standard InChI is InChI=1S/C27H23F2N7O/c28-20-7-5-17(6-8-20)19-13-33-36(14-19)22-10-16(9-21(29)11-22)12-30-27(37)24-23-26(32-15-31-24)35-25(34-23)18-3-1-2-4-18/h5-11,13-15,18H,1-4,12H2,(H,30,37)(H,31,32,34,35). The van der Waals surface area contributed by atoms with E-state index in [0.717, 1.165) is 29.8 Å². The summed E-state index contributed by atoms with van der Waals surface area (Å²) < 4.78 is 29.2. The monoisotopic (exact) mass is 499 g/mol. The third-order valence-electron chi connectivity index (χ3n) is 6.68. The van der Waals surface area contributed by atoms with Crippen molar-refractivity contribution in [3.8, 4) is 16.8 Å². The van der Waals surface area contributed by atoms with Gasteiger partial charge >= 0.3 is 0 Å². The Morgan fingerprint density at radius 3 is 2.65 bits per heavy atom. The summed E-state index contributed by atoms with van der Waals surface area (Å²) in [7, 11) is 0. The average molecular weight is 500 g/mol. The summed E-state index contributed by atoms with van der Waals surface area (Å²) in [5.74, 6) is 0.00693. The molecule has 1 aliphatic rings. The maximum Gasteiger partial charge on any atom is 0.272 e. The lowest BCUT2D eigenvalue weighted by atomic mass is 10.1. The van der Waals surface area contributed by atoms with Gasteiger partial charge in [-0.05, 0) is 54.3 Å². The number of aromatic nitrogens is 6. The van der Waals surface area contributed by atoms with E-state index in [1.807, 2.05) is 0 Å². The van der Waals surface area contributed by atoms with Crippen molar-refractivity contribution in [3.63, 3.8) is 0 Å². The predicted molar refractivity (Wildman–Crippen MR) is 133 cm³/mol. The van der Waals surface area contributed by atoms with Gasteiger partial charge in [0.25, 0.3) is 5.91 Å². The molecule has 1 saturated carbocycles. The van der Waals surface area contributed by atoms with E-state index in [2.05, 4.69) is 30.4 Å². The van der Waals surface area contributed by atoms with E-state index in [1.165, 1.54) is 48.1 Å². The summed E-state index contributed by atoms with van der Waals surface area (Å²) in [5.41, 5.74) is 3.79. The lowest BCUT2D eigenvalue weighted by molar-refractivity contribution is 0.0947. The van der Waals surface area contributed by atoms with Gasteiger partial charge in [-0.25, -0.2) is 28.4 Å². The summed E-state index contributed by atoms with van der Waals surface area (Å²) in [6.45, 7) is 0.0881. The Balaban J connectivity index is 1.20. The number of fused-ring (bicyclic) bond motifs is 1. The second-order valence-corrected chi connectivity index (χ2v) is 9.21. The Bertz CT molecular complexity index is 1590. The van der Waals surface area contributed by atoms with E-state index in [0.29, 0.717) is 28.3 Å². The van der Waals surface area contributed by atoms with Crippen molar-refractivity contribution in [2.75, 3.05) is 0 Å². The van der Waals surface area contributed by atoms with E-state index in [9.17, 15) is 13.6 Å². The normalized spacial score (nSPS) is 13.9. The Morgan fingerprint density at radius 1 is 1.03 bits per heavy atom. The van der Waals surface area contributed by atoms with Crippen LogP contribution in [0.5, 0.6) is 0 Å². The molecule has 2 N–H and O–H groups in total. The number of imidazole rings is 1. The highest BCUT2D eigenvalue weighted by Gasteiger charge is 2.23. The van der Waals surface area contributed by atoms with Crippen molar-refractivity contribution in [1.29, 1.82) is 0 Å². The maximum absolute atomic E-state index is 14.5. The van der Waals surface area contributed by atoms with Crippen molar-refractivity contribution in [3.05, 3.63) is 89.9 Å². The zero-order valence-electron chi connectivity index (χ0n) is 19.8. The molecule has 0 saturated heterocycles. The van der Waals surface area contributed by atoms with Gasteiger partial charge in [0, 0.05) is 24.2 Å². The van der Waals surface area contributed by atoms with E-state index >= 15 is 0 Å². The molecule has 0 atom stereocenters. The molecule has 0 radical (unpaired) electrons. The molecular formula is C27H23F2N7O. The number of hydrogen-bond acceptors (Lipinski definition) is 5. The number of carbonyl (C=O) groups is 1. The van der Waals surface area contributed by atoms with Gasteiger partial charge in [-0.1, -0.05) is 25.0 Å². The van der Waals surface area contributed by atoms with Crippen LogP contribution in [0, 0.1) is 11.6 Å². The number of rotatable bonds is 6. The third-order valence-corrected chi connectivity index (χ3v) is 6.68. The number of aromatic amines is 1. The molecule has 0 unspecified atom stereocenters. The van der Waals surface area contributed by atoms with Crippen LogP contribution in [-0.2, 0) is 6.54 Å². The minimum absolute atomic E-state index is 0.0881. The first-order valence-electron chi connectivity index (χ1n) is 12.1. The number of hydrogen-bond donors (Lipinski definition) is 2. The van der Waals surface area contributed by atoms with E-state index in [1.54, 1.807) is 30.6 Å². The van der Waals surface area contributed by atoms with Crippen LogP contribution in [0.2, 0.25) is 0 Å². The molecule has 5 aromatic rings. The molecule has 1 aliphatic carbocycles. The minimum atomic E-state index is -0.459. The predicted octanol–water partition coefficient (Wildman–Crippen LogP) is 5.07. The Morgan fingerprint density at radius 2 is 1.84 bits per heavy atom. The topological polar surface area (TPSA) is 101 Å². The van der Waals surface area contributed by atoms with Crippen molar-refractivity contribution >= 4 is 17.1 Å². The zero-order valence-corrected chi connectivity index (χ0v) is 19.8. The molecule has 2 aromatic carbocycles. The molecule has 0 bridgehead atoms. The van der Waals surface area contributed by atoms with E-state index < -0.39 is 11.7 Å². The van der Waals surface area contributed by atoms with Crippen LogP contribution in [0.3, 0.4) is 0 Å². The number of benzene rings is 2. The number of nitrogens with zero attached hydrogens (tertiary/aromatic N) is 5. The minimum Gasteiger partial charge on any atom is -0.347 e. The first kappa shape index (κ1) is 23.0. The fourth-order valence-electron chi connectivity index (χ4n) is 4.80. The summed E-state index contributed by atoms with van der Waals surface area (Å²) in [6, 6.07) is 10.5. The molecule has 3 heterocycles. The number of H-pyrrole nitrogens is 1. The highest BCUT2D eigenvalue weighted by molar-refractivity contribution is 6.02. The van der Waals surface area contributed by atoms with Gasteiger partial charge in [-0.2, -0.15) is 5.10 Å². The molecule has 0 spiro atoms. The molecule has 3 aromatic heterocycles. The van der Waals surface area contributed by atoms with Crippen LogP contribution in [0.15, 0.2) is 61.2 Å². The van der Waals surface area contributed by atoms with Crippen LogP contribution in [0.25, 0.3) is 28.0 Å². The van der Waals surface area contributed by atoms with Gasteiger partial charge in [0.1, 0.15) is 29.3 Å². The SMILES string of the molecule is O=C(NCc1cc(F)cc(-n2cc(-c3ccc(F)cc3)cn2)c1)c1ncnc2nc(C3CCCC3)[nH]c12. The molecule has 10 heteroatoms. The molecule has 37 heavy (non-hydrogen) atoms. The lowest BCUT2D eigenvalue weighted by Crippen LogP contribution is -2.24. The highest BCUT2D eigenvalue weighted by Crippen LogP contribution is 2.33. The highest BCUT2D eigenvalue weighted by atomic mass is 19.1. The Hall–Kier alpha value is -4.47. The first-order chi connectivity index (χ1) is 18.0. The Labute approximate surface area is 210 Å². The van der Waals surface area contributed by atoms with E-state index in [4.69, 9.17) is 0 Å². The zero-order chi connectivity index (χ0) is 25.4. The summed E-state index contributed by atoms with van der Waals surface area (Å²) in [5, 5.41) is 7.14. The lowest BCUT2D eigenvalue weighted by Gasteiger charge is -2.08.